The van der Waals surface area contributed by atoms with Crippen LogP contribution in [0.1, 0.15) is 18.5 Å². The van der Waals surface area contributed by atoms with Gasteiger partial charge in [-0.2, -0.15) is 0 Å². The van der Waals surface area contributed by atoms with Gasteiger partial charge in [0.1, 0.15) is 0 Å². The first-order valence-corrected chi connectivity index (χ1v) is 6.64. The predicted molar refractivity (Wildman–Crippen MR) is 81.9 cm³/mol. The van der Waals surface area contributed by atoms with E-state index in [0.717, 1.165) is 10.6 Å². The number of nitrogen functional groups attached to an aromatic ring is 1. The van der Waals surface area contributed by atoms with Gasteiger partial charge in [0.05, 0.1) is 16.8 Å². The quantitative estimate of drug-likeness (QED) is 0.924. The van der Waals surface area contributed by atoms with Crippen molar-refractivity contribution < 1.29 is 0 Å². The number of pyridine rings is 1. The van der Waals surface area contributed by atoms with Gasteiger partial charge in [-0.25, -0.2) is 4.98 Å². The average Bonchev–Trinajstić information content (AvgIpc) is 2.38. The minimum atomic E-state index is 0.0599. The molecule has 0 radical (unpaired) electrons. The first kappa shape index (κ1) is 14.0. The second-order valence-electron chi connectivity index (χ2n) is 4.37. The number of anilines is 2. The number of benzene rings is 1. The normalized spacial score (nSPS) is 12.2. The number of hydrogen-bond acceptors (Lipinski definition) is 3. The third-order valence-electron chi connectivity index (χ3n) is 3.13. The maximum Gasteiger partial charge on any atom is 0.152 e. The summed E-state index contributed by atoms with van der Waals surface area (Å²) in [6, 6.07) is 9.50. The highest BCUT2D eigenvalue weighted by atomic mass is 35.5. The van der Waals surface area contributed by atoms with Crippen LogP contribution in [0.4, 0.5) is 11.5 Å². The molecule has 2 N–H and O–H groups in total. The largest absolute Gasteiger partial charge is 0.396 e. The van der Waals surface area contributed by atoms with E-state index in [2.05, 4.69) is 11.9 Å². The summed E-state index contributed by atoms with van der Waals surface area (Å²) in [5.41, 5.74) is 7.53. The first-order chi connectivity index (χ1) is 9.00. The molecule has 1 heterocycles. The lowest BCUT2D eigenvalue weighted by Crippen LogP contribution is -2.23. The molecular weight excluding hydrogens is 281 g/mol. The number of nitrogens with zero attached hydrogens (tertiary/aromatic N) is 2. The molecule has 2 aromatic rings. The molecule has 0 bridgehead atoms. The van der Waals surface area contributed by atoms with Gasteiger partial charge in [0.15, 0.2) is 5.82 Å². The van der Waals surface area contributed by atoms with Crippen LogP contribution in [0, 0.1) is 0 Å². The van der Waals surface area contributed by atoms with Crippen molar-refractivity contribution in [3.8, 4) is 0 Å². The van der Waals surface area contributed by atoms with Crippen molar-refractivity contribution in [2.75, 3.05) is 17.7 Å². The van der Waals surface area contributed by atoms with Crippen LogP contribution in [0.2, 0.25) is 10.0 Å². The van der Waals surface area contributed by atoms with Crippen LogP contribution in [0.25, 0.3) is 0 Å². The minimum absolute atomic E-state index is 0.0599. The summed E-state index contributed by atoms with van der Waals surface area (Å²) >= 11 is 12.1. The molecule has 0 saturated heterocycles. The Morgan fingerprint density at radius 2 is 1.95 bits per heavy atom. The summed E-state index contributed by atoms with van der Waals surface area (Å²) in [5.74, 6) is 0.691. The summed E-state index contributed by atoms with van der Waals surface area (Å²) in [6.07, 6.45) is 1.59. The second-order valence-corrected chi connectivity index (χ2v) is 5.22. The van der Waals surface area contributed by atoms with Crippen LogP contribution < -0.4 is 10.6 Å². The molecule has 0 amide bonds. The van der Waals surface area contributed by atoms with E-state index < -0.39 is 0 Å². The monoisotopic (exact) mass is 295 g/mol. The number of aromatic nitrogens is 1. The van der Waals surface area contributed by atoms with Gasteiger partial charge in [-0.3, -0.25) is 0 Å². The molecule has 0 aliphatic carbocycles. The molecule has 19 heavy (non-hydrogen) atoms. The zero-order valence-electron chi connectivity index (χ0n) is 10.8. The molecule has 3 nitrogen and oxygen atoms in total. The van der Waals surface area contributed by atoms with Crippen LogP contribution in [-0.4, -0.2) is 12.0 Å². The van der Waals surface area contributed by atoms with Gasteiger partial charge in [0, 0.05) is 18.3 Å². The zero-order chi connectivity index (χ0) is 14.0. The van der Waals surface area contributed by atoms with Crippen LogP contribution in [0.5, 0.6) is 0 Å². The van der Waals surface area contributed by atoms with Crippen LogP contribution in [0.15, 0.2) is 36.5 Å². The standard InChI is InChI=1S/C14H15Cl2N3/c1-9(11-5-3-4-6-12(11)16)19(2)14-13(17)7-10(15)8-18-14/h3-9H,17H2,1-2H3. The topological polar surface area (TPSA) is 42.2 Å². The second kappa shape index (κ2) is 5.68. The van der Waals surface area contributed by atoms with Crippen molar-refractivity contribution in [1.29, 1.82) is 0 Å². The molecule has 0 fully saturated rings. The average molecular weight is 296 g/mol. The van der Waals surface area contributed by atoms with Gasteiger partial charge in [0.25, 0.3) is 0 Å². The Bertz CT molecular complexity index is 587. The summed E-state index contributed by atoms with van der Waals surface area (Å²) in [7, 11) is 1.93. The van der Waals surface area contributed by atoms with Crippen molar-refractivity contribution in [3.63, 3.8) is 0 Å². The fraction of sp³-hybridized carbons (Fsp3) is 0.214. The molecule has 1 aromatic carbocycles. The fourth-order valence-corrected chi connectivity index (χ4v) is 2.41. The highest BCUT2D eigenvalue weighted by Crippen LogP contribution is 2.32. The molecule has 100 valence electrons. The highest BCUT2D eigenvalue weighted by molar-refractivity contribution is 6.31. The van der Waals surface area contributed by atoms with Gasteiger partial charge in [-0.05, 0) is 24.6 Å². The molecule has 0 saturated carbocycles. The highest BCUT2D eigenvalue weighted by Gasteiger charge is 2.17. The van der Waals surface area contributed by atoms with E-state index in [9.17, 15) is 0 Å². The predicted octanol–water partition coefficient (Wildman–Crippen LogP) is 4.17. The summed E-state index contributed by atoms with van der Waals surface area (Å²) in [6.45, 7) is 2.05. The Kier molecular flexibility index (Phi) is 4.17. The van der Waals surface area contributed by atoms with E-state index in [1.807, 2.05) is 36.2 Å². The lowest BCUT2D eigenvalue weighted by molar-refractivity contribution is 0.730. The van der Waals surface area contributed by atoms with E-state index in [1.54, 1.807) is 12.3 Å². The van der Waals surface area contributed by atoms with Crippen molar-refractivity contribution in [3.05, 3.63) is 52.1 Å². The Hall–Kier alpha value is -1.45. The Labute approximate surface area is 123 Å². The van der Waals surface area contributed by atoms with Crippen LogP contribution in [0.3, 0.4) is 0 Å². The van der Waals surface area contributed by atoms with Gasteiger partial charge in [-0.15, -0.1) is 0 Å². The van der Waals surface area contributed by atoms with E-state index in [1.165, 1.54) is 0 Å². The molecule has 0 spiro atoms. The van der Waals surface area contributed by atoms with Gasteiger partial charge in [0.2, 0.25) is 0 Å². The van der Waals surface area contributed by atoms with Crippen LogP contribution in [-0.2, 0) is 0 Å². The van der Waals surface area contributed by atoms with Gasteiger partial charge >= 0.3 is 0 Å². The van der Waals surface area contributed by atoms with Gasteiger partial charge < -0.3 is 10.6 Å². The lowest BCUT2D eigenvalue weighted by atomic mass is 10.1. The van der Waals surface area contributed by atoms with E-state index >= 15 is 0 Å². The number of nitrogens with two attached hydrogens (primary N) is 1. The number of hydrogen-bond donors (Lipinski definition) is 1. The number of rotatable bonds is 3. The molecule has 1 unspecified atom stereocenters. The minimum Gasteiger partial charge on any atom is -0.396 e. The molecule has 5 heteroatoms. The summed E-state index contributed by atoms with van der Waals surface area (Å²) < 4.78 is 0. The maximum atomic E-state index is 6.22. The van der Waals surface area contributed by atoms with E-state index in [0.29, 0.717) is 16.5 Å². The van der Waals surface area contributed by atoms with E-state index in [-0.39, 0.29) is 6.04 Å². The third-order valence-corrected chi connectivity index (χ3v) is 3.68. The van der Waals surface area contributed by atoms with Crippen LogP contribution >= 0.6 is 23.2 Å². The third kappa shape index (κ3) is 2.94. The SMILES string of the molecule is CC(c1ccccc1Cl)N(C)c1ncc(Cl)cc1N. The lowest BCUT2D eigenvalue weighted by Gasteiger charge is -2.28. The van der Waals surface area contributed by atoms with Crippen molar-refractivity contribution in [1.82, 2.24) is 4.98 Å². The Morgan fingerprint density at radius 3 is 2.58 bits per heavy atom. The van der Waals surface area contributed by atoms with Gasteiger partial charge in [-0.1, -0.05) is 41.4 Å². The molecule has 1 atom stereocenters. The molecule has 2 rings (SSSR count). The Balaban J connectivity index is 2.33. The smallest absolute Gasteiger partial charge is 0.152 e. The summed E-state index contributed by atoms with van der Waals surface area (Å²) in [4.78, 5) is 6.26. The molecular formula is C14H15Cl2N3. The van der Waals surface area contributed by atoms with Crippen molar-refractivity contribution in [2.45, 2.75) is 13.0 Å². The number of halogens is 2. The van der Waals surface area contributed by atoms with Crippen molar-refractivity contribution in [2.24, 2.45) is 0 Å². The summed E-state index contributed by atoms with van der Waals surface area (Å²) in [5, 5.41) is 1.26. The maximum absolute atomic E-state index is 6.22. The molecule has 1 aromatic heterocycles. The first-order valence-electron chi connectivity index (χ1n) is 5.89. The fourth-order valence-electron chi connectivity index (χ4n) is 1.95. The molecule has 0 aliphatic heterocycles. The zero-order valence-corrected chi connectivity index (χ0v) is 12.3. The molecule has 0 aliphatic rings. The van der Waals surface area contributed by atoms with E-state index in [4.69, 9.17) is 28.9 Å². The van der Waals surface area contributed by atoms with Crippen molar-refractivity contribution >= 4 is 34.7 Å². The Morgan fingerprint density at radius 1 is 1.26 bits per heavy atom.